The average molecular weight is 258 g/mol. The Hall–Kier alpha value is -0.770. The number of nitrogens with two attached hydrogens (primary N) is 1. The molecular weight excluding hydrogens is 228 g/mol. The molecule has 108 valence electrons. The van der Waals surface area contributed by atoms with Crippen molar-refractivity contribution < 1.29 is 9.53 Å². The van der Waals surface area contributed by atoms with E-state index >= 15 is 0 Å². The van der Waals surface area contributed by atoms with E-state index in [2.05, 4.69) is 20.8 Å². The summed E-state index contributed by atoms with van der Waals surface area (Å²) in [4.78, 5) is 14.0. The second kappa shape index (κ2) is 8.35. The van der Waals surface area contributed by atoms with Gasteiger partial charge in [-0.3, -0.25) is 0 Å². The molecule has 0 heterocycles. The molecule has 0 bridgehead atoms. The lowest BCUT2D eigenvalue weighted by atomic mass is 9.90. The molecule has 0 aromatic carbocycles. The van der Waals surface area contributed by atoms with Gasteiger partial charge in [-0.2, -0.15) is 0 Å². The highest BCUT2D eigenvalue weighted by Gasteiger charge is 2.35. The Morgan fingerprint density at radius 1 is 1.28 bits per heavy atom. The van der Waals surface area contributed by atoms with Crippen LogP contribution in [-0.2, 0) is 4.74 Å². The van der Waals surface area contributed by atoms with Crippen LogP contribution < -0.4 is 5.73 Å². The van der Waals surface area contributed by atoms with Crippen LogP contribution in [0.25, 0.3) is 0 Å². The smallest absolute Gasteiger partial charge is 0.410 e. The normalized spacial score (nSPS) is 11.7. The Bertz CT molecular complexity index is 230. The first-order valence-corrected chi connectivity index (χ1v) is 7.11. The fourth-order valence-corrected chi connectivity index (χ4v) is 2.09. The summed E-state index contributed by atoms with van der Waals surface area (Å²) in [5, 5.41) is 0. The molecule has 0 spiro atoms. The molecule has 2 N–H and O–H groups in total. The number of carbonyl (C=O) groups is 1. The molecule has 4 heteroatoms. The number of rotatable bonds is 8. The minimum Gasteiger partial charge on any atom is -0.449 e. The van der Waals surface area contributed by atoms with Crippen molar-refractivity contribution in [2.75, 3.05) is 19.7 Å². The number of hydrogen-bond donors (Lipinski definition) is 1. The van der Waals surface area contributed by atoms with E-state index < -0.39 is 0 Å². The minimum atomic E-state index is -0.260. The van der Waals surface area contributed by atoms with Crippen LogP contribution in [0.2, 0.25) is 0 Å². The molecule has 0 rings (SSSR count). The van der Waals surface area contributed by atoms with Gasteiger partial charge in [0.2, 0.25) is 0 Å². The van der Waals surface area contributed by atoms with Crippen molar-refractivity contribution in [1.82, 2.24) is 4.90 Å². The van der Waals surface area contributed by atoms with E-state index in [9.17, 15) is 4.79 Å². The predicted octanol–water partition coefficient (Wildman–Crippen LogP) is 3.01. The van der Waals surface area contributed by atoms with Gasteiger partial charge in [-0.1, -0.05) is 34.6 Å². The van der Waals surface area contributed by atoms with Crippen molar-refractivity contribution in [3.8, 4) is 0 Å². The van der Waals surface area contributed by atoms with Crippen molar-refractivity contribution >= 4 is 6.09 Å². The highest BCUT2D eigenvalue weighted by atomic mass is 16.6. The Morgan fingerprint density at radius 2 is 1.83 bits per heavy atom. The number of ether oxygens (including phenoxy) is 1. The third-order valence-corrected chi connectivity index (χ3v) is 3.48. The van der Waals surface area contributed by atoms with Crippen molar-refractivity contribution in [3.05, 3.63) is 0 Å². The van der Waals surface area contributed by atoms with Gasteiger partial charge in [-0.05, 0) is 25.2 Å². The number of carbonyl (C=O) groups excluding carboxylic acids is 1. The molecule has 18 heavy (non-hydrogen) atoms. The standard InChI is InChI=1S/C14H30N2O2/c1-6-9-16(13(17)18-10-12(4)5)14(7-2,8-3)11-15/h12H,6-11,15H2,1-5H3. The van der Waals surface area contributed by atoms with Gasteiger partial charge < -0.3 is 15.4 Å². The lowest BCUT2D eigenvalue weighted by Gasteiger charge is -2.41. The van der Waals surface area contributed by atoms with E-state index in [0.717, 1.165) is 19.3 Å². The van der Waals surface area contributed by atoms with Crippen LogP contribution in [0.4, 0.5) is 4.79 Å². The molecule has 0 aliphatic rings. The van der Waals surface area contributed by atoms with Crippen LogP contribution in [0.1, 0.15) is 53.9 Å². The lowest BCUT2D eigenvalue weighted by molar-refractivity contribution is 0.0412. The van der Waals surface area contributed by atoms with Gasteiger partial charge >= 0.3 is 6.09 Å². The lowest BCUT2D eigenvalue weighted by Crippen LogP contribution is -2.56. The molecule has 0 aliphatic carbocycles. The second-order valence-electron chi connectivity index (χ2n) is 5.26. The number of nitrogens with zero attached hydrogens (tertiary/aromatic N) is 1. The average Bonchev–Trinajstić information content (AvgIpc) is 2.37. The summed E-state index contributed by atoms with van der Waals surface area (Å²) >= 11 is 0. The van der Waals surface area contributed by atoms with Gasteiger partial charge in [0, 0.05) is 13.1 Å². The molecule has 0 saturated heterocycles. The summed E-state index contributed by atoms with van der Waals surface area (Å²) < 4.78 is 5.36. The summed E-state index contributed by atoms with van der Waals surface area (Å²) in [5.74, 6) is 0.355. The molecule has 0 fully saturated rings. The molecule has 0 atom stereocenters. The van der Waals surface area contributed by atoms with Crippen LogP contribution in [0.15, 0.2) is 0 Å². The summed E-state index contributed by atoms with van der Waals surface area (Å²) in [6.45, 7) is 11.9. The molecule has 0 saturated carbocycles. The zero-order valence-corrected chi connectivity index (χ0v) is 12.7. The van der Waals surface area contributed by atoms with E-state index in [1.54, 1.807) is 0 Å². The molecule has 1 amide bonds. The van der Waals surface area contributed by atoms with E-state index in [1.165, 1.54) is 0 Å². The van der Waals surface area contributed by atoms with E-state index in [0.29, 0.717) is 25.6 Å². The molecule has 0 aliphatic heterocycles. The predicted molar refractivity (Wildman–Crippen MR) is 75.6 cm³/mol. The fourth-order valence-electron chi connectivity index (χ4n) is 2.09. The monoisotopic (exact) mass is 258 g/mol. The highest BCUT2D eigenvalue weighted by molar-refractivity contribution is 5.68. The molecule has 0 aromatic heterocycles. The first-order chi connectivity index (χ1) is 8.47. The topological polar surface area (TPSA) is 55.6 Å². The summed E-state index contributed by atoms with van der Waals surface area (Å²) in [6, 6.07) is 0. The maximum Gasteiger partial charge on any atom is 0.410 e. The minimum absolute atomic E-state index is 0.222. The third-order valence-electron chi connectivity index (χ3n) is 3.48. The van der Waals surface area contributed by atoms with Crippen LogP contribution >= 0.6 is 0 Å². The van der Waals surface area contributed by atoms with Crippen molar-refractivity contribution in [3.63, 3.8) is 0 Å². The van der Waals surface area contributed by atoms with Gasteiger partial charge in [-0.25, -0.2) is 4.79 Å². The van der Waals surface area contributed by atoms with Gasteiger partial charge in [0.15, 0.2) is 0 Å². The van der Waals surface area contributed by atoms with Gasteiger partial charge in [0.25, 0.3) is 0 Å². The summed E-state index contributed by atoms with van der Waals surface area (Å²) in [5.41, 5.74) is 5.64. The summed E-state index contributed by atoms with van der Waals surface area (Å²) in [7, 11) is 0. The maximum atomic E-state index is 12.2. The van der Waals surface area contributed by atoms with Crippen molar-refractivity contribution in [2.45, 2.75) is 59.4 Å². The SMILES string of the molecule is CCCN(C(=O)OCC(C)C)C(CC)(CC)CN. The second-order valence-corrected chi connectivity index (χ2v) is 5.26. The zero-order valence-electron chi connectivity index (χ0n) is 12.7. The van der Waals surface area contributed by atoms with E-state index in [1.807, 2.05) is 18.7 Å². The molecular formula is C14H30N2O2. The molecule has 0 unspecified atom stereocenters. The van der Waals surface area contributed by atoms with Gasteiger partial charge in [0.05, 0.1) is 12.1 Å². The van der Waals surface area contributed by atoms with Crippen molar-refractivity contribution in [2.24, 2.45) is 11.7 Å². The first-order valence-electron chi connectivity index (χ1n) is 7.11. The Morgan fingerprint density at radius 3 is 2.17 bits per heavy atom. The largest absolute Gasteiger partial charge is 0.449 e. The Labute approximate surface area is 112 Å². The zero-order chi connectivity index (χ0) is 14.2. The van der Waals surface area contributed by atoms with Crippen molar-refractivity contribution in [1.29, 1.82) is 0 Å². The van der Waals surface area contributed by atoms with Crippen LogP contribution in [0.3, 0.4) is 0 Å². The van der Waals surface area contributed by atoms with Crippen LogP contribution in [-0.4, -0.2) is 36.2 Å². The first kappa shape index (κ1) is 17.2. The Balaban J connectivity index is 4.85. The molecule has 0 aromatic rings. The molecule has 4 nitrogen and oxygen atoms in total. The summed E-state index contributed by atoms with van der Waals surface area (Å²) in [6.07, 6.45) is 2.41. The van der Waals surface area contributed by atoms with E-state index in [-0.39, 0.29) is 11.6 Å². The van der Waals surface area contributed by atoms with Crippen LogP contribution in [0, 0.1) is 5.92 Å². The van der Waals surface area contributed by atoms with Crippen LogP contribution in [0.5, 0.6) is 0 Å². The molecule has 0 radical (unpaired) electrons. The van der Waals surface area contributed by atoms with Gasteiger partial charge in [-0.15, -0.1) is 0 Å². The fraction of sp³-hybridized carbons (Fsp3) is 0.929. The number of amides is 1. The highest BCUT2D eigenvalue weighted by Crippen LogP contribution is 2.24. The third kappa shape index (κ3) is 4.48. The number of hydrogen-bond acceptors (Lipinski definition) is 3. The van der Waals surface area contributed by atoms with E-state index in [4.69, 9.17) is 10.5 Å². The van der Waals surface area contributed by atoms with Gasteiger partial charge in [0.1, 0.15) is 0 Å². The Kier molecular flexibility index (Phi) is 8.00. The maximum absolute atomic E-state index is 12.2. The quantitative estimate of drug-likeness (QED) is 0.728.